The third-order valence-corrected chi connectivity index (χ3v) is 4.07. The number of piperidine rings is 1. The normalized spacial score (nSPS) is 26.8. The molecule has 0 aromatic heterocycles. The lowest BCUT2D eigenvalue weighted by Crippen LogP contribution is -2.41. The number of amides is 3. The van der Waals surface area contributed by atoms with Crippen LogP contribution in [0.5, 0.6) is 0 Å². The minimum atomic E-state index is -0.253. The van der Waals surface area contributed by atoms with Crippen LogP contribution in [0.4, 0.5) is 10.5 Å². The van der Waals surface area contributed by atoms with Crippen molar-refractivity contribution < 1.29 is 9.59 Å². The molecule has 100 valence electrons. The molecule has 0 N–H and O–H groups in total. The summed E-state index contributed by atoms with van der Waals surface area (Å²) in [6.07, 6.45) is 1.77. The van der Waals surface area contributed by atoms with Crippen molar-refractivity contribution in [3.63, 3.8) is 0 Å². The molecule has 2 unspecified atom stereocenters. The Labute approximate surface area is 113 Å². The monoisotopic (exact) mass is 258 g/mol. The van der Waals surface area contributed by atoms with Gasteiger partial charge in [0.1, 0.15) is 6.04 Å². The predicted octanol–water partition coefficient (Wildman–Crippen LogP) is 2.56. The molecule has 1 aromatic carbocycles. The number of fused-ring (bicyclic) bond motifs is 1. The first-order chi connectivity index (χ1) is 9.08. The molecule has 0 spiro atoms. The minimum absolute atomic E-state index is 0.0675. The second-order valence-corrected chi connectivity index (χ2v) is 5.63. The number of urea groups is 1. The van der Waals surface area contributed by atoms with E-state index in [9.17, 15) is 9.59 Å². The fourth-order valence-electron chi connectivity index (χ4n) is 2.98. The maximum atomic E-state index is 12.5. The number of carbonyl (C=O) groups excluding carboxylic acids is 2. The third kappa shape index (κ3) is 1.91. The van der Waals surface area contributed by atoms with Gasteiger partial charge in [-0.05, 0) is 43.4 Å². The predicted molar refractivity (Wildman–Crippen MR) is 73.0 cm³/mol. The van der Waals surface area contributed by atoms with E-state index in [2.05, 4.69) is 6.92 Å². The van der Waals surface area contributed by atoms with Gasteiger partial charge in [0, 0.05) is 6.54 Å². The summed E-state index contributed by atoms with van der Waals surface area (Å²) in [4.78, 5) is 27.9. The van der Waals surface area contributed by atoms with Gasteiger partial charge in [0.15, 0.2) is 0 Å². The van der Waals surface area contributed by atoms with E-state index in [0.717, 1.165) is 18.4 Å². The van der Waals surface area contributed by atoms with Crippen molar-refractivity contribution in [3.05, 3.63) is 29.8 Å². The average Bonchev–Trinajstić information content (AvgIpc) is 2.61. The van der Waals surface area contributed by atoms with Gasteiger partial charge in [-0.1, -0.05) is 19.1 Å². The Morgan fingerprint density at radius 2 is 2.05 bits per heavy atom. The highest BCUT2D eigenvalue weighted by Crippen LogP contribution is 2.32. The molecule has 2 aliphatic rings. The van der Waals surface area contributed by atoms with Crippen molar-refractivity contribution in [3.8, 4) is 0 Å². The second kappa shape index (κ2) is 4.37. The number of benzene rings is 1. The smallest absolute Gasteiger partial charge is 0.312 e. The lowest BCUT2D eigenvalue weighted by atomic mass is 9.93. The van der Waals surface area contributed by atoms with Crippen molar-refractivity contribution in [1.29, 1.82) is 0 Å². The Hall–Kier alpha value is -1.84. The van der Waals surface area contributed by atoms with Crippen LogP contribution in [-0.2, 0) is 4.79 Å². The second-order valence-electron chi connectivity index (χ2n) is 5.63. The summed E-state index contributed by atoms with van der Waals surface area (Å²) in [6, 6.07) is 7.14. The minimum Gasteiger partial charge on any atom is -0.312 e. The van der Waals surface area contributed by atoms with E-state index in [1.165, 1.54) is 4.90 Å². The molecule has 2 saturated heterocycles. The van der Waals surface area contributed by atoms with E-state index >= 15 is 0 Å². The number of rotatable bonds is 1. The summed E-state index contributed by atoms with van der Waals surface area (Å²) in [6.45, 7) is 4.80. The van der Waals surface area contributed by atoms with Crippen molar-refractivity contribution in [2.75, 3.05) is 11.4 Å². The summed E-state index contributed by atoms with van der Waals surface area (Å²) in [5.74, 6) is 0.442. The molecule has 0 radical (unpaired) electrons. The molecule has 1 aromatic rings. The van der Waals surface area contributed by atoms with Gasteiger partial charge < -0.3 is 4.90 Å². The Bertz CT molecular complexity index is 541. The number of hydrogen-bond acceptors (Lipinski definition) is 2. The van der Waals surface area contributed by atoms with Crippen LogP contribution in [0, 0.1) is 12.8 Å². The first-order valence-electron chi connectivity index (χ1n) is 6.79. The fraction of sp³-hybridized carbons (Fsp3) is 0.467. The number of anilines is 1. The van der Waals surface area contributed by atoms with E-state index < -0.39 is 0 Å². The van der Waals surface area contributed by atoms with Crippen LogP contribution < -0.4 is 4.90 Å². The lowest BCUT2D eigenvalue weighted by molar-refractivity contribution is -0.120. The SMILES string of the molecule is Cc1cccc(N2C(=O)C3CC(C)CCN3C2=O)c1. The highest BCUT2D eigenvalue weighted by atomic mass is 16.2. The standard InChI is InChI=1S/C15H18N2O2/c1-10-4-3-5-12(8-10)17-14(18)13-9-11(2)6-7-16(13)15(17)19/h3-5,8,11,13H,6-7,9H2,1-2H3. The van der Waals surface area contributed by atoms with Gasteiger partial charge in [0.2, 0.25) is 0 Å². The first kappa shape index (κ1) is 12.2. The highest BCUT2D eigenvalue weighted by molar-refractivity contribution is 6.21. The Balaban J connectivity index is 1.95. The largest absolute Gasteiger partial charge is 0.332 e. The zero-order chi connectivity index (χ0) is 13.6. The Morgan fingerprint density at radius 3 is 2.79 bits per heavy atom. The van der Waals surface area contributed by atoms with Crippen LogP contribution >= 0.6 is 0 Å². The van der Waals surface area contributed by atoms with E-state index in [1.54, 1.807) is 4.90 Å². The topological polar surface area (TPSA) is 40.6 Å². The van der Waals surface area contributed by atoms with Crippen LogP contribution in [0.25, 0.3) is 0 Å². The van der Waals surface area contributed by atoms with Gasteiger partial charge in [-0.2, -0.15) is 0 Å². The Kier molecular flexibility index (Phi) is 2.81. The van der Waals surface area contributed by atoms with Gasteiger partial charge in [-0.25, -0.2) is 9.69 Å². The van der Waals surface area contributed by atoms with Crippen molar-refractivity contribution >= 4 is 17.6 Å². The van der Waals surface area contributed by atoms with Gasteiger partial charge in [0.05, 0.1) is 5.69 Å². The summed E-state index contributed by atoms with van der Waals surface area (Å²) >= 11 is 0. The summed E-state index contributed by atoms with van der Waals surface area (Å²) in [7, 11) is 0. The van der Waals surface area contributed by atoms with Crippen molar-refractivity contribution in [2.24, 2.45) is 5.92 Å². The molecule has 19 heavy (non-hydrogen) atoms. The number of imide groups is 1. The average molecular weight is 258 g/mol. The van der Waals surface area contributed by atoms with Crippen LogP contribution in [0.2, 0.25) is 0 Å². The quantitative estimate of drug-likeness (QED) is 0.726. The fourth-order valence-corrected chi connectivity index (χ4v) is 2.98. The molecular weight excluding hydrogens is 240 g/mol. The van der Waals surface area contributed by atoms with Crippen LogP contribution in [-0.4, -0.2) is 29.4 Å². The zero-order valence-electron chi connectivity index (χ0n) is 11.3. The Morgan fingerprint density at radius 1 is 1.26 bits per heavy atom. The van der Waals surface area contributed by atoms with Gasteiger partial charge in [0.25, 0.3) is 5.91 Å². The molecule has 4 heteroatoms. The van der Waals surface area contributed by atoms with Gasteiger partial charge >= 0.3 is 6.03 Å². The summed E-state index contributed by atoms with van der Waals surface area (Å²) in [5, 5.41) is 0. The molecule has 0 saturated carbocycles. The number of hydrogen-bond donors (Lipinski definition) is 0. The van der Waals surface area contributed by atoms with Crippen molar-refractivity contribution in [1.82, 2.24) is 4.90 Å². The number of aryl methyl sites for hydroxylation is 1. The molecule has 0 bridgehead atoms. The van der Waals surface area contributed by atoms with Gasteiger partial charge in [-0.3, -0.25) is 4.79 Å². The molecule has 2 aliphatic heterocycles. The van der Waals surface area contributed by atoms with Crippen molar-refractivity contribution in [2.45, 2.75) is 32.7 Å². The zero-order valence-corrected chi connectivity index (χ0v) is 11.3. The maximum absolute atomic E-state index is 12.5. The molecule has 4 nitrogen and oxygen atoms in total. The van der Waals surface area contributed by atoms with E-state index in [-0.39, 0.29) is 18.0 Å². The molecule has 0 aliphatic carbocycles. The summed E-state index contributed by atoms with van der Waals surface area (Å²) < 4.78 is 0. The number of carbonyl (C=O) groups is 2. The van der Waals surface area contributed by atoms with Crippen LogP contribution in [0.15, 0.2) is 24.3 Å². The van der Waals surface area contributed by atoms with Crippen LogP contribution in [0.3, 0.4) is 0 Å². The maximum Gasteiger partial charge on any atom is 0.332 e. The molecule has 2 atom stereocenters. The molecule has 2 fully saturated rings. The highest BCUT2D eigenvalue weighted by Gasteiger charge is 2.47. The lowest BCUT2D eigenvalue weighted by Gasteiger charge is -2.30. The first-order valence-corrected chi connectivity index (χ1v) is 6.79. The molecule has 3 amide bonds. The van der Waals surface area contributed by atoms with E-state index in [4.69, 9.17) is 0 Å². The molecular formula is C15H18N2O2. The molecule has 3 rings (SSSR count). The van der Waals surface area contributed by atoms with Gasteiger partial charge in [-0.15, -0.1) is 0 Å². The van der Waals surface area contributed by atoms with E-state index in [0.29, 0.717) is 18.2 Å². The third-order valence-electron chi connectivity index (χ3n) is 4.07. The van der Waals surface area contributed by atoms with E-state index in [1.807, 2.05) is 31.2 Å². The summed E-state index contributed by atoms with van der Waals surface area (Å²) in [5.41, 5.74) is 1.74. The molecule has 2 heterocycles. The van der Waals surface area contributed by atoms with Crippen LogP contribution in [0.1, 0.15) is 25.3 Å². The number of nitrogens with zero attached hydrogens (tertiary/aromatic N) is 2.